The number of halogens is 3. The van der Waals surface area contributed by atoms with E-state index in [0.29, 0.717) is 31.7 Å². The monoisotopic (exact) mass is 334 g/mol. The molecule has 1 aromatic rings. The second-order valence-electron chi connectivity index (χ2n) is 5.93. The van der Waals surface area contributed by atoms with Crippen molar-refractivity contribution in [1.29, 1.82) is 0 Å². The molecule has 1 atom stereocenters. The van der Waals surface area contributed by atoms with Crippen molar-refractivity contribution < 1.29 is 13.9 Å². The summed E-state index contributed by atoms with van der Waals surface area (Å²) < 4.78 is 28.6. The molecule has 22 heavy (non-hydrogen) atoms. The van der Waals surface area contributed by atoms with E-state index >= 15 is 0 Å². The summed E-state index contributed by atoms with van der Waals surface area (Å²) in [5.74, 6) is -2.86. The quantitative estimate of drug-likeness (QED) is 0.869. The molecule has 0 unspecified atom stereocenters. The number of aliphatic hydroxyl groups excluding tert-OH is 1. The number of hydrogen-bond donors (Lipinski definition) is 2. The lowest BCUT2D eigenvalue weighted by atomic mass is 9.93. The highest BCUT2D eigenvalue weighted by Crippen LogP contribution is 2.37. The fourth-order valence-corrected chi connectivity index (χ4v) is 2.84. The van der Waals surface area contributed by atoms with E-state index in [0.717, 1.165) is 5.56 Å². The van der Waals surface area contributed by atoms with Crippen LogP contribution in [0.3, 0.4) is 0 Å². The zero-order valence-corrected chi connectivity index (χ0v) is 13.9. The lowest BCUT2D eigenvalue weighted by molar-refractivity contribution is -0.118. The van der Waals surface area contributed by atoms with Crippen LogP contribution < -0.4 is 5.32 Å². The first-order valence-corrected chi connectivity index (χ1v) is 7.49. The minimum atomic E-state index is -3.15. The van der Waals surface area contributed by atoms with Crippen molar-refractivity contribution in [2.45, 2.75) is 31.7 Å². The van der Waals surface area contributed by atoms with E-state index in [1.54, 1.807) is 11.0 Å². The van der Waals surface area contributed by atoms with Gasteiger partial charge in [-0.05, 0) is 17.0 Å². The lowest BCUT2D eigenvalue weighted by Crippen LogP contribution is -2.51. The number of benzene rings is 1. The summed E-state index contributed by atoms with van der Waals surface area (Å²) >= 11 is 0. The molecule has 0 aromatic heterocycles. The van der Waals surface area contributed by atoms with Gasteiger partial charge in [-0.15, -0.1) is 12.4 Å². The lowest BCUT2D eigenvalue weighted by Gasteiger charge is -2.39. The summed E-state index contributed by atoms with van der Waals surface area (Å²) in [5.41, 5.74) is 1.63. The Morgan fingerprint density at radius 3 is 2.36 bits per heavy atom. The summed E-state index contributed by atoms with van der Waals surface area (Å²) in [6, 6.07) is 6.31. The number of aliphatic hydroxyl groups is 1. The van der Waals surface area contributed by atoms with Crippen molar-refractivity contribution in [3.05, 3.63) is 35.4 Å². The van der Waals surface area contributed by atoms with Gasteiger partial charge in [0, 0.05) is 26.2 Å². The summed E-state index contributed by atoms with van der Waals surface area (Å²) in [6.45, 7) is 5.47. The van der Waals surface area contributed by atoms with E-state index in [9.17, 15) is 8.78 Å². The fourth-order valence-electron chi connectivity index (χ4n) is 2.84. The smallest absolute Gasteiger partial charge is 0.289 e. The Labute approximate surface area is 137 Å². The third kappa shape index (κ3) is 4.38. The number of nitrogens with one attached hydrogen (secondary N) is 1. The Morgan fingerprint density at radius 1 is 1.23 bits per heavy atom. The van der Waals surface area contributed by atoms with Crippen molar-refractivity contribution in [1.82, 2.24) is 10.2 Å². The van der Waals surface area contributed by atoms with Crippen LogP contribution >= 0.6 is 12.4 Å². The van der Waals surface area contributed by atoms with Gasteiger partial charge in [0.1, 0.15) is 12.6 Å². The van der Waals surface area contributed by atoms with Crippen LogP contribution in [0, 0.1) is 0 Å². The molecule has 0 saturated carbocycles. The maximum Gasteiger partial charge on any atom is 0.289 e. The summed E-state index contributed by atoms with van der Waals surface area (Å²) in [6.07, 6.45) is 0. The number of nitrogens with zero attached hydrogens (tertiary/aromatic N) is 1. The van der Waals surface area contributed by atoms with Crippen LogP contribution in [0.5, 0.6) is 0 Å². The van der Waals surface area contributed by atoms with Gasteiger partial charge in [-0.2, -0.15) is 0 Å². The van der Waals surface area contributed by atoms with Crippen LogP contribution in [0.4, 0.5) is 8.78 Å². The second-order valence-corrected chi connectivity index (χ2v) is 5.93. The zero-order chi connectivity index (χ0) is 15.5. The number of alkyl halides is 2. The largest absolute Gasteiger partial charge is 0.390 e. The van der Waals surface area contributed by atoms with Crippen LogP contribution in [-0.4, -0.2) is 48.7 Å². The molecule has 2 rings (SSSR count). The number of piperazine rings is 1. The highest BCUT2D eigenvalue weighted by Gasteiger charge is 2.44. The van der Waals surface area contributed by atoms with Crippen LogP contribution in [0.15, 0.2) is 24.3 Å². The molecule has 1 fully saturated rings. The van der Waals surface area contributed by atoms with E-state index in [2.05, 4.69) is 5.32 Å². The highest BCUT2D eigenvalue weighted by molar-refractivity contribution is 5.85. The van der Waals surface area contributed by atoms with E-state index in [1.807, 2.05) is 32.0 Å². The maximum atomic E-state index is 14.3. The van der Waals surface area contributed by atoms with Crippen LogP contribution in [0.2, 0.25) is 0 Å². The minimum Gasteiger partial charge on any atom is -0.390 e. The molecular weight excluding hydrogens is 310 g/mol. The first kappa shape index (κ1) is 19.3. The fraction of sp³-hybridized carbons (Fsp3) is 0.625. The molecule has 0 bridgehead atoms. The van der Waals surface area contributed by atoms with E-state index in [-0.39, 0.29) is 18.3 Å². The Kier molecular flexibility index (Phi) is 7.19. The molecule has 2 N–H and O–H groups in total. The molecule has 1 aliphatic heterocycles. The van der Waals surface area contributed by atoms with E-state index in [4.69, 9.17) is 5.11 Å². The Morgan fingerprint density at radius 2 is 1.82 bits per heavy atom. The Bertz CT molecular complexity index is 465. The van der Waals surface area contributed by atoms with Gasteiger partial charge in [-0.1, -0.05) is 38.1 Å². The SMILES string of the molecule is CC(C)c1cccc([C@@H](N2CCNCC2)C(F)(F)CO)c1.Cl. The molecule has 126 valence electrons. The first-order valence-electron chi connectivity index (χ1n) is 7.49. The van der Waals surface area contributed by atoms with Crippen molar-refractivity contribution in [3.63, 3.8) is 0 Å². The van der Waals surface area contributed by atoms with Crippen molar-refractivity contribution in [3.8, 4) is 0 Å². The number of hydrogen-bond acceptors (Lipinski definition) is 3. The third-order valence-electron chi connectivity index (χ3n) is 4.02. The van der Waals surface area contributed by atoms with Gasteiger partial charge in [0.15, 0.2) is 0 Å². The third-order valence-corrected chi connectivity index (χ3v) is 4.02. The molecule has 3 nitrogen and oxygen atoms in total. The molecular formula is C16H25ClF2N2O. The number of rotatable bonds is 5. The summed E-state index contributed by atoms with van der Waals surface area (Å²) in [7, 11) is 0. The Balaban J connectivity index is 0.00000242. The van der Waals surface area contributed by atoms with Crippen LogP contribution in [0.25, 0.3) is 0 Å². The highest BCUT2D eigenvalue weighted by atomic mass is 35.5. The van der Waals surface area contributed by atoms with Gasteiger partial charge in [0.25, 0.3) is 5.92 Å². The molecule has 0 amide bonds. The van der Waals surface area contributed by atoms with Crippen molar-refractivity contribution >= 4 is 12.4 Å². The molecule has 1 aliphatic rings. The standard InChI is InChI=1S/C16H24F2N2O.ClH/c1-12(2)13-4-3-5-14(10-13)15(16(17,18)11-21)20-8-6-19-7-9-20;/h3-5,10,12,15,19,21H,6-9,11H2,1-2H3;1H/t15-;/m1./s1. The molecule has 6 heteroatoms. The molecule has 0 radical (unpaired) electrons. The van der Waals surface area contributed by atoms with Gasteiger partial charge in [-0.3, -0.25) is 4.90 Å². The summed E-state index contributed by atoms with van der Waals surface area (Å²) in [4.78, 5) is 1.77. The summed E-state index contributed by atoms with van der Waals surface area (Å²) in [5, 5.41) is 12.3. The van der Waals surface area contributed by atoms with Gasteiger partial charge in [-0.25, -0.2) is 8.78 Å². The minimum absolute atomic E-state index is 0. The Hall–Kier alpha value is -0.750. The van der Waals surface area contributed by atoms with Gasteiger partial charge in [0.2, 0.25) is 0 Å². The van der Waals surface area contributed by atoms with Crippen LogP contribution in [-0.2, 0) is 0 Å². The predicted octanol–water partition coefficient (Wildman–Crippen LogP) is 2.81. The van der Waals surface area contributed by atoms with Crippen molar-refractivity contribution in [2.24, 2.45) is 0 Å². The normalized spacial score (nSPS) is 18.1. The topological polar surface area (TPSA) is 35.5 Å². The first-order chi connectivity index (χ1) is 9.95. The zero-order valence-electron chi connectivity index (χ0n) is 13.1. The van der Waals surface area contributed by atoms with Gasteiger partial charge >= 0.3 is 0 Å². The maximum absolute atomic E-state index is 14.3. The van der Waals surface area contributed by atoms with Gasteiger partial charge < -0.3 is 10.4 Å². The van der Waals surface area contributed by atoms with Crippen molar-refractivity contribution in [2.75, 3.05) is 32.8 Å². The molecule has 0 aliphatic carbocycles. The average Bonchev–Trinajstić information content (AvgIpc) is 2.48. The molecule has 0 spiro atoms. The van der Waals surface area contributed by atoms with Gasteiger partial charge in [0.05, 0.1) is 0 Å². The average molecular weight is 335 g/mol. The predicted molar refractivity (Wildman–Crippen MR) is 87.0 cm³/mol. The van der Waals surface area contributed by atoms with E-state index in [1.165, 1.54) is 0 Å². The van der Waals surface area contributed by atoms with Crippen LogP contribution in [0.1, 0.15) is 36.9 Å². The molecule has 1 heterocycles. The molecule has 1 saturated heterocycles. The second kappa shape index (κ2) is 8.20. The van der Waals surface area contributed by atoms with E-state index < -0.39 is 18.6 Å². The molecule has 1 aromatic carbocycles.